The minimum Gasteiger partial charge on any atom is -0.399 e. The molecule has 0 aliphatic rings. The second-order valence-corrected chi connectivity index (χ2v) is 6.31. The van der Waals surface area contributed by atoms with Gasteiger partial charge in [0.15, 0.2) is 0 Å². The summed E-state index contributed by atoms with van der Waals surface area (Å²) < 4.78 is 26.1. The number of carbonyl (C=O) groups excluding carboxylic acids is 1. The Morgan fingerprint density at radius 1 is 1.30 bits per heavy atom. The van der Waals surface area contributed by atoms with Crippen molar-refractivity contribution in [2.45, 2.75) is 25.5 Å². The van der Waals surface area contributed by atoms with Gasteiger partial charge in [0.2, 0.25) is 15.9 Å². The lowest BCUT2D eigenvalue weighted by molar-refractivity contribution is -0.120. The van der Waals surface area contributed by atoms with Gasteiger partial charge in [-0.1, -0.05) is 19.1 Å². The van der Waals surface area contributed by atoms with Crippen molar-refractivity contribution in [3.63, 3.8) is 0 Å². The second kappa shape index (κ2) is 7.86. The molecule has 1 amide bonds. The molecule has 112 valence electrons. The molecule has 0 spiro atoms. The van der Waals surface area contributed by atoms with E-state index in [9.17, 15) is 13.2 Å². The Bertz CT molecular complexity index is 544. The molecule has 0 bridgehead atoms. The molecule has 1 aromatic carbocycles. The number of benzene rings is 1. The van der Waals surface area contributed by atoms with Crippen LogP contribution in [0, 0.1) is 0 Å². The van der Waals surface area contributed by atoms with Crippen molar-refractivity contribution in [1.82, 2.24) is 10.0 Å². The lowest BCUT2D eigenvalue weighted by Crippen LogP contribution is -2.31. The van der Waals surface area contributed by atoms with Crippen molar-refractivity contribution in [1.29, 1.82) is 0 Å². The lowest BCUT2D eigenvalue weighted by Gasteiger charge is -2.07. The standard InChI is InChI=1S/C13H21N3O3S/c1-2-7-15-13(17)6-8-16-20(18,19)10-11-4-3-5-12(14)9-11/h3-5,9,16H,2,6-8,10,14H2,1H3,(H,15,17). The van der Waals surface area contributed by atoms with Gasteiger partial charge in [-0.05, 0) is 24.1 Å². The number of nitrogens with one attached hydrogen (secondary N) is 2. The predicted molar refractivity (Wildman–Crippen MR) is 79.4 cm³/mol. The topological polar surface area (TPSA) is 101 Å². The molecule has 0 saturated carbocycles. The van der Waals surface area contributed by atoms with Crippen LogP contribution in [0.3, 0.4) is 0 Å². The Labute approximate surface area is 119 Å². The number of hydrogen-bond donors (Lipinski definition) is 3. The van der Waals surface area contributed by atoms with Crippen molar-refractivity contribution in [3.8, 4) is 0 Å². The molecule has 7 heteroatoms. The van der Waals surface area contributed by atoms with Crippen LogP contribution in [0.5, 0.6) is 0 Å². The van der Waals surface area contributed by atoms with Crippen molar-refractivity contribution < 1.29 is 13.2 Å². The van der Waals surface area contributed by atoms with Crippen LogP contribution >= 0.6 is 0 Å². The molecule has 0 heterocycles. The maximum Gasteiger partial charge on any atom is 0.221 e. The highest BCUT2D eigenvalue weighted by Gasteiger charge is 2.12. The summed E-state index contributed by atoms with van der Waals surface area (Å²) in [5.41, 5.74) is 6.74. The Hall–Kier alpha value is -1.60. The van der Waals surface area contributed by atoms with Gasteiger partial charge in [-0.25, -0.2) is 13.1 Å². The van der Waals surface area contributed by atoms with E-state index in [0.29, 0.717) is 17.8 Å². The Morgan fingerprint density at radius 2 is 2.05 bits per heavy atom. The Morgan fingerprint density at radius 3 is 2.70 bits per heavy atom. The number of nitrogen functional groups attached to an aromatic ring is 1. The molecule has 0 radical (unpaired) electrons. The van der Waals surface area contributed by atoms with E-state index in [1.165, 1.54) is 0 Å². The number of amides is 1. The van der Waals surface area contributed by atoms with Gasteiger partial charge in [0.1, 0.15) is 0 Å². The van der Waals surface area contributed by atoms with Crippen LogP contribution in [0.15, 0.2) is 24.3 Å². The zero-order valence-electron chi connectivity index (χ0n) is 11.6. The van der Waals surface area contributed by atoms with Gasteiger partial charge in [0.05, 0.1) is 5.75 Å². The average molecular weight is 299 g/mol. The number of anilines is 1. The molecule has 1 aromatic rings. The van der Waals surface area contributed by atoms with Crippen LogP contribution in [0.4, 0.5) is 5.69 Å². The average Bonchev–Trinajstić information content (AvgIpc) is 2.35. The molecule has 1 rings (SSSR count). The highest BCUT2D eigenvalue weighted by Crippen LogP contribution is 2.09. The van der Waals surface area contributed by atoms with E-state index < -0.39 is 10.0 Å². The number of carbonyl (C=O) groups is 1. The Balaban J connectivity index is 2.40. The SMILES string of the molecule is CCCNC(=O)CCNS(=O)(=O)Cc1cccc(N)c1. The minimum atomic E-state index is -3.45. The van der Waals surface area contributed by atoms with Crippen molar-refractivity contribution in [2.24, 2.45) is 0 Å². The third-order valence-corrected chi connectivity index (χ3v) is 3.91. The van der Waals surface area contributed by atoms with Gasteiger partial charge in [0.25, 0.3) is 0 Å². The summed E-state index contributed by atoms with van der Waals surface area (Å²) in [6, 6.07) is 6.72. The summed E-state index contributed by atoms with van der Waals surface area (Å²) in [6.45, 7) is 2.66. The smallest absolute Gasteiger partial charge is 0.221 e. The van der Waals surface area contributed by atoms with Crippen molar-refractivity contribution in [3.05, 3.63) is 29.8 Å². The van der Waals surface area contributed by atoms with E-state index in [2.05, 4.69) is 10.0 Å². The highest BCUT2D eigenvalue weighted by molar-refractivity contribution is 7.88. The normalized spacial score (nSPS) is 11.2. The largest absolute Gasteiger partial charge is 0.399 e. The third kappa shape index (κ3) is 6.53. The van der Waals surface area contributed by atoms with Crippen LogP contribution < -0.4 is 15.8 Å². The van der Waals surface area contributed by atoms with Gasteiger partial charge in [-0.2, -0.15) is 0 Å². The second-order valence-electron chi connectivity index (χ2n) is 4.50. The van der Waals surface area contributed by atoms with Crippen molar-refractivity contribution in [2.75, 3.05) is 18.8 Å². The predicted octanol–water partition coefficient (Wildman–Crippen LogP) is 0.605. The highest BCUT2D eigenvalue weighted by atomic mass is 32.2. The van der Waals surface area contributed by atoms with Crippen LogP contribution in [0.2, 0.25) is 0 Å². The molecule has 6 nitrogen and oxygen atoms in total. The van der Waals surface area contributed by atoms with Crippen LogP contribution in [0.1, 0.15) is 25.3 Å². The number of nitrogens with two attached hydrogens (primary N) is 1. The molecule has 0 unspecified atom stereocenters. The van der Waals surface area contributed by atoms with E-state index in [4.69, 9.17) is 5.73 Å². The lowest BCUT2D eigenvalue weighted by atomic mass is 10.2. The summed E-state index contributed by atoms with van der Waals surface area (Å²) in [6.07, 6.45) is 0.989. The van der Waals surface area contributed by atoms with E-state index in [0.717, 1.165) is 6.42 Å². The first-order valence-corrected chi connectivity index (χ1v) is 8.16. The molecule has 20 heavy (non-hydrogen) atoms. The molecule has 0 aromatic heterocycles. The number of hydrogen-bond acceptors (Lipinski definition) is 4. The van der Waals surface area contributed by atoms with Gasteiger partial charge < -0.3 is 11.1 Å². The maximum absolute atomic E-state index is 11.8. The van der Waals surface area contributed by atoms with Crippen LogP contribution in [0.25, 0.3) is 0 Å². The number of sulfonamides is 1. The molecule has 0 saturated heterocycles. The Kier molecular flexibility index (Phi) is 6.47. The summed E-state index contributed by atoms with van der Waals surface area (Å²) in [7, 11) is -3.45. The van der Waals surface area contributed by atoms with E-state index >= 15 is 0 Å². The fourth-order valence-electron chi connectivity index (χ4n) is 1.63. The van der Waals surface area contributed by atoms with Gasteiger partial charge in [0, 0.05) is 25.2 Å². The molecular formula is C13H21N3O3S. The zero-order valence-corrected chi connectivity index (χ0v) is 12.4. The molecule has 0 aliphatic carbocycles. The number of rotatable bonds is 8. The fraction of sp³-hybridized carbons (Fsp3) is 0.462. The quantitative estimate of drug-likeness (QED) is 0.612. The van der Waals surface area contributed by atoms with Crippen LogP contribution in [-0.4, -0.2) is 27.4 Å². The summed E-state index contributed by atoms with van der Waals surface area (Å²) >= 11 is 0. The molecule has 4 N–H and O–H groups in total. The maximum atomic E-state index is 11.8. The van der Waals surface area contributed by atoms with Crippen LogP contribution in [-0.2, 0) is 20.6 Å². The first kappa shape index (κ1) is 16.5. The monoisotopic (exact) mass is 299 g/mol. The zero-order chi connectivity index (χ0) is 15.0. The molecule has 0 fully saturated rings. The first-order chi connectivity index (χ1) is 9.43. The molecule has 0 aliphatic heterocycles. The van der Waals surface area contributed by atoms with E-state index in [1.807, 2.05) is 6.92 Å². The van der Waals surface area contributed by atoms with Gasteiger partial charge in [-0.3, -0.25) is 4.79 Å². The fourth-order valence-corrected chi connectivity index (χ4v) is 2.76. The van der Waals surface area contributed by atoms with E-state index in [1.54, 1.807) is 24.3 Å². The summed E-state index contributed by atoms with van der Waals surface area (Å²) in [4.78, 5) is 11.3. The minimum absolute atomic E-state index is 0.0974. The summed E-state index contributed by atoms with van der Waals surface area (Å²) in [5.74, 6) is -0.298. The van der Waals surface area contributed by atoms with Gasteiger partial charge in [-0.15, -0.1) is 0 Å². The van der Waals surface area contributed by atoms with E-state index in [-0.39, 0.29) is 24.6 Å². The molecule has 0 atom stereocenters. The van der Waals surface area contributed by atoms with Crippen molar-refractivity contribution >= 4 is 21.6 Å². The first-order valence-electron chi connectivity index (χ1n) is 6.51. The summed E-state index contributed by atoms with van der Waals surface area (Å²) in [5, 5.41) is 2.69. The molecular weight excluding hydrogens is 278 g/mol. The van der Waals surface area contributed by atoms with Gasteiger partial charge >= 0.3 is 0 Å². The third-order valence-electron chi connectivity index (χ3n) is 2.55.